The number of nitrogens with zero attached hydrogens (tertiary/aromatic N) is 5. The Labute approximate surface area is 164 Å². The van der Waals surface area contributed by atoms with Crippen LogP contribution in [0.2, 0.25) is 0 Å². The zero-order chi connectivity index (χ0) is 19.7. The lowest BCUT2D eigenvalue weighted by Crippen LogP contribution is -2.54. The lowest BCUT2D eigenvalue weighted by Gasteiger charge is -2.37. The van der Waals surface area contributed by atoms with Crippen LogP contribution in [0.25, 0.3) is 16.8 Å². The summed E-state index contributed by atoms with van der Waals surface area (Å²) < 4.78 is 1.80. The summed E-state index contributed by atoms with van der Waals surface area (Å²) in [6.45, 7) is 6.78. The van der Waals surface area contributed by atoms with E-state index in [4.69, 9.17) is 10.7 Å². The molecule has 1 saturated heterocycles. The van der Waals surface area contributed by atoms with Crippen LogP contribution < -0.4 is 10.6 Å². The van der Waals surface area contributed by atoms with E-state index in [-0.39, 0.29) is 11.8 Å². The summed E-state index contributed by atoms with van der Waals surface area (Å²) in [6, 6.07) is 11.7. The van der Waals surface area contributed by atoms with Crippen molar-refractivity contribution in [3.63, 3.8) is 0 Å². The fraction of sp³-hybridized carbons (Fsp3) is 0.381. The Balaban J connectivity index is 1.52. The molecule has 0 spiro atoms. The highest BCUT2D eigenvalue weighted by Gasteiger charge is 2.27. The molecule has 1 unspecified atom stereocenters. The monoisotopic (exact) mass is 378 g/mol. The topological polar surface area (TPSA) is 79.8 Å². The van der Waals surface area contributed by atoms with Gasteiger partial charge in [0.05, 0.1) is 12.2 Å². The molecule has 3 aromatic rings. The standard InChI is InChI=1S/C21H26N6O/c1-15(2)19(22)21(28)26-12-10-25(11-13-26)18-8-9-27-20(24-18)17(14-23-27)16-6-4-3-5-7-16/h3-9,14-15,19H,10-13,22H2,1-2H3. The van der Waals surface area contributed by atoms with Gasteiger partial charge in [-0.1, -0.05) is 44.2 Å². The Morgan fingerprint density at radius 2 is 1.79 bits per heavy atom. The van der Waals surface area contributed by atoms with E-state index in [1.165, 1.54) is 0 Å². The second kappa shape index (κ2) is 7.59. The second-order valence-corrected chi connectivity index (χ2v) is 7.56. The average molecular weight is 378 g/mol. The molecule has 0 aliphatic carbocycles. The summed E-state index contributed by atoms with van der Waals surface area (Å²) in [5.41, 5.74) is 8.98. The molecule has 146 valence electrons. The van der Waals surface area contributed by atoms with Gasteiger partial charge in [-0.05, 0) is 17.5 Å². The van der Waals surface area contributed by atoms with Crippen LogP contribution in [-0.4, -0.2) is 57.6 Å². The lowest BCUT2D eigenvalue weighted by molar-refractivity contribution is -0.133. The quantitative estimate of drug-likeness (QED) is 0.751. The number of carbonyl (C=O) groups is 1. The minimum absolute atomic E-state index is 0.0419. The number of rotatable bonds is 4. The Kier molecular flexibility index (Phi) is 5.00. The van der Waals surface area contributed by atoms with Crippen molar-refractivity contribution in [2.75, 3.05) is 31.1 Å². The molecule has 1 atom stereocenters. The van der Waals surface area contributed by atoms with Crippen molar-refractivity contribution < 1.29 is 4.79 Å². The third-order valence-electron chi connectivity index (χ3n) is 5.36. The van der Waals surface area contributed by atoms with Crippen molar-refractivity contribution >= 4 is 17.4 Å². The summed E-state index contributed by atoms with van der Waals surface area (Å²) in [4.78, 5) is 21.4. The van der Waals surface area contributed by atoms with Crippen LogP contribution in [0.3, 0.4) is 0 Å². The van der Waals surface area contributed by atoms with Crippen molar-refractivity contribution in [1.82, 2.24) is 19.5 Å². The normalized spacial score (nSPS) is 16.0. The highest BCUT2D eigenvalue weighted by atomic mass is 16.2. The van der Waals surface area contributed by atoms with Crippen LogP contribution in [0.15, 0.2) is 48.8 Å². The Morgan fingerprint density at radius 1 is 1.07 bits per heavy atom. The van der Waals surface area contributed by atoms with Crippen molar-refractivity contribution in [3.8, 4) is 11.1 Å². The molecule has 1 fully saturated rings. The number of nitrogens with two attached hydrogens (primary N) is 1. The zero-order valence-corrected chi connectivity index (χ0v) is 16.3. The van der Waals surface area contributed by atoms with Crippen LogP contribution >= 0.6 is 0 Å². The fourth-order valence-electron chi connectivity index (χ4n) is 3.51. The minimum atomic E-state index is -0.429. The van der Waals surface area contributed by atoms with Gasteiger partial charge >= 0.3 is 0 Å². The number of carbonyl (C=O) groups excluding carboxylic acids is 1. The van der Waals surface area contributed by atoms with Gasteiger partial charge in [0, 0.05) is 37.9 Å². The molecule has 0 radical (unpaired) electrons. The van der Waals surface area contributed by atoms with Gasteiger partial charge in [0.15, 0.2) is 5.65 Å². The summed E-state index contributed by atoms with van der Waals surface area (Å²) >= 11 is 0. The van der Waals surface area contributed by atoms with Gasteiger partial charge < -0.3 is 15.5 Å². The van der Waals surface area contributed by atoms with Gasteiger partial charge in [-0.15, -0.1) is 0 Å². The van der Waals surface area contributed by atoms with Gasteiger partial charge in [0.25, 0.3) is 0 Å². The number of hydrogen-bond acceptors (Lipinski definition) is 5. The maximum absolute atomic E-state index is 12.5. The van der Waals surface area contributed by atoms with E-state index in [0.717, 1.165) is 35.7 Å². The van der Waals surface area contributed by atoms with E-state index in [2.05, 4.69) is 22.1 Å². The van der Waals surface area contributed by atoms with Crippen molar-refractivity contribution in [2.45, 2.75) is 19.9 Å². The first kappa shape index (κ1) is 18.4. The van der Waals surface area contributed by atoms with Crippen molar-refractivity contribution in [2.24, 2.45) is 11.7 Å². The molecule has 0 saturated carbocycles. The summed E-state index contributed by atoms with van der Waals surface area (Å²) in [6.07, 6.45) is 3.79. The molecule has 3 heterocycles. The largest absolute Gasteiger partial charge is 0.353 e. The van der Waals surface area contributed by atoms with Gasteiger partial charge in [0.2, 0.25) is 5.91 Å². The van der Waals surface area contributed by atoms with Crippen LogP contribution in [-0.2, 0) is 4.79 Å². The molecule has 1 aliphatic heterocycles. The number of amides is 1. The predicted octanol–water partition coefficient (Wildman–Crippen LogP) is 2.03. The molecular weight excluding hydrogens is 352 g/mol. The maximum Gasteiger partial charge on any atom is 0.239 e. The van der Waals surface area contributed by atoms with Gasteiger partial charge in [-0.3, -0.25) is 4.79 Å². The van der Waals surface area contributed by atoms with E-state index in [0.29, 0.717) is 13.1 Å². The SMILES string of the molecule is CC(C)C(N)C(=O)N1CCN(c2ccn3ncc(-c4ccccc4)c3n2)CC1. The summed E-state index contributed by atoms with van der Waals surface area (Å²) in [5, 5.41) is 4.42. The fourth-order valence-corrected chi connectivity index (χ4v) is 3.51. The summed E-state index contributed by atoms with van der Waals surface area (Å²) in [7, 11) is 0. The average Bonchev–Trinajstić information content (AvgIpc) is 3.16. The van der Waals surface area contributed by atoms with Gasteiger partial charge in [-0.2, -0.15) is 5.10 Å². The first-order valence-corrected chi connectivity index (χ1v) is 9.73. The van der Waals surface area contributed by atoms with Crippen molar-refractivity contribution in [3.05, 3.63) is 48.8 Å². The number of piperazine rings is 1. The molecule has 7 nitrogen and oxygen atoms in total. The molecular formula is C21H26N6O. The van der Waals surface area contributed by atoms with Crippen LogP contribution in [0.5, 0.6) is 0 Å². The van der Waals surface area contributed by atoms with Crippen molar-refractivity contribution in [1.29, 1.82) is 0 Å². The molecule has 7 heteroatoms. The Bertz CT molecular complexity index is 959. The molecule has 1 amide bonds. The molecule has 2 aromatic heterocycles. The molecule has 1 aliphatic rings. The van der Waals surface area contributed by atoms with Crippen LogP contribution in [0, 0.1) is 5.92 Å². The molecule has 2 N–H and O–H groups in total. The lowest BCUT2D eigenvalue weighted by atomic mass is 10.0. The highest BCUT2D eigenvalue weighted by molar-refractivity contribution is 5.82. The van der Waals surface area contributed by atoms with E-state index >= 15 is 0 Å². The Morgan fingerprint density at radius 3 is 2.46 bits per heavy atom. The molecule has 1 aromatic carbocycles. The molecule has 4 rings (SSSR count). The first-order valence-electron chi connectivity index (χ1n) is 9.73. The third-order valence-corrected chi connectivity index (χ3v) is 5.36. The predicted molar refractivity (Wildman–Crippen MR) is 110 cm³/mol. The van der Waals surface area contributed by atoms with Gasteiger partial charge in [-0.25, -0.2) is 9.50 Å². The maximum atomic E-state index is 12.5. The summed E-state index contributed by atoms with van der Waals surface area (Å²) in [5.74, 6) is 1.10. The number of fused-ring (bicyclic) bond motifs is 1. The Hall–Kier alpha value is -2.93. The minimum Gasteiger partial charge on any atom is -0.353 e. The number of aromatic nitrogens is 3. The van der Waals surface area contributed by atoms with E-state index in [1.54, 1.807) is 4.52 Å². The third kappa shape index (κ3) is 3.45. The zero-order valence-electron chi connectivity index (χ0n) is 16.3. The smallest absolute Gasteiger partial charge is 0.239 e. The number of hydrogen-bond donors (Lipinski definition) is 1. The van der Waals surface area contributed by atoms with Crippen LogP contribution in [0.1, 0.15) is 13.8 Å². The number of benzene rings is 1. The van der Waals surface area contributed by atoms with E-state index in [9.17, 15) is 4.79 Å². The second-order valence-electron chi connectivity index (χ2n) is 7.56. The van der Waals surface area contributed by atoms with Gasteiger partial charge in [0.1, 0.15) is 5.82 Å². The molecule has 0 bridgehead atoms. The first-order chi connectivity index (χ1) is 13.5. The number of anilines is 1. The highest BCUT2D eigenvalue weighted by Crippen LogP contribution is 2.25. The van der Waals surface area contributed by atoms with E-state index < -0.39 is 6.04 Å². The van der Waals surface area contributed by atoms with Crippen LogP contribution in [0.4, 0.5) is 5.82 Å². The van der Waals surface area contributed by atoms with E-state index in [1.807, 2.05) is 55.4 Å². The molecule has 28 heavy (non-hydrogen) atoms.